The second kappa shape index (κ2) is 8.35. The Bertz CT molecular complexity index is 707. The average Bonchev–Trinajstić information content (AvgIpc) is 2.51. The molecule has 2 atom stereocenters. The van der Waals surface area contributed by atoms with Crippen molar-refractivity contribution in [1.29, 1.82) is 5.41 Å². The third-order valence-electron chi connectivity index (χ3n) is 4.15. The average molecular weight is 365 g/mol. The van der Waals surface area contributed by atoms with E-state index in [1.54, 1.807) is 6.92 Å². The van der Waals surface area contributed by atoms with Gasteiger partial charge in [-0.1, -0.05) is 12.8 Å². The Kier molecular flexibility index (Phi) is 6.44. The SMILES string of the molecule is CC(=N)/C=C(\S)Nc1cc(N[C@@H]2CCCC[C@@H]2N)c(F)cc1C(N)=O. The first-order valence-electron chi connectivity index (χ1n) is 8.16. The molecule has 0 unspecified atom stereocenters. The van der Waals surface area contributed by atoms with Crippen LogP contribution < -0.4 is 22.1 Å². The second-order valence-electron chi connectivity index (χ2n) is 6.28. The monoisotopic (exact) mass is 365 g/mol. The second-order valence-corrected chi connectivity index (χ2v) is 6.76. The Morgan fingerprint density at radius 3 is 2.64 bits per heavy atom. The van der Waals surface area contributed by atoms with Crippen LogP contribution in [0, 0.1) is 11.2 Å². The summed E-state index contributed by atoms with van der Waals surface area (Å²) in [4.78, 5) is 11.6. The molecule has 1 aliphatic rings. The molecule has 2 rings (SSSR count). The van der Waals surface area contributed by atoms with Gasteiger partial charge in [0.05, 0.1) is 22.0 Å². The van der Waals surface area contributed by atoms with Crippen molar-refractivity contribution in [1.82, 2.24) is 0 Å². The van der Waals surface area contributed by atoms with E-state index in [9.17, 15) is 9.18 Å². The lowest BCUT2D eigenvalue weighted by atomic mass is 9.91. The molecule has 136 valence electrons. The van der Waals surface area contributed by atoms with Crippen molar-refractivity contribution in [3.63, 3.8) is 0 Å². The predicted octanol–water partition coefficient (Wildman–Crippen LogP) is 2.83. The van der Waals surface area contributed by atoms with Crippen LogP contribution in [0.25, 0.3) is 0 Å². The number of nitrogens with two attached hydrogens (primary N) is 2. The number of nitrogens with one attached hydrogen (secondary N) is 3. The number of thiol groups is 1. The van der Waals surface area contributed by atoms with Crippen LogP contribution in [-0.2, 0) is 0 Å². The summed E-state index contributed by atoms with van der Waals surface area (Å²) in [7, 11) is 0. The van der Waals surface area contributed by atoms with E-state index in [4.69, 9.17) is 16.9 Å². The normalized spacial score (nSPS) is 20.9. The number of carbonyl (C=O) groups excluding carboxylic acids is 1. The molecule has 8 heteroatoms. The molecule has 0 spiro atoms. The third-order valence-corrected chi connectivity index (χ3v) is 4.39. The molecule has 0 bridgehead atoms. The number of amides is 1. The molecular weight excluding hydrogens is 341 g/mol. The summed E-state index contributed by atoms with van der Waals surface area (Å²) in [5.41, 5.74) is 12.3. The Hall–Kier alpha value is -2.06. The van der Waals surface area contributed by atoms with Crippen molar-refractivity contribution in [3.8, 4) is 0 Å². The van der Waals surface area contributed by atoms with Crippen LogP contribution in [0.4, 0.5) is 15.8 Å². The van der Waals surface area contributed by atoms with Crippen molar-refractivity contribution in [2.75, 3.05) is 10.6 Å². The van der Waals surface area contributed by atoms with Crippen molar-refractivity contribution in [3.05, 3.63) is 34.6 Å². The van der Waals surface area contributed by atoms with Gasteiger partial charge in [-0.25, -0.2) is 4.39 Å². The molecule has 1 amide bonds. The smallest absolute Gasteiger partial charge is 0.250 e. The number of allylic oxidation sites excluding steroid dienone is 1. The molecule has 6 nitrogen and oxygen atoms in total. The molecule has 1 aromatic rings. The number of carbonyl (C=O) groups is 1. The minimum Gasteiger partial charge on any atom is -0.378 e. The molecule has 1 aromatic carbocycles. The molecule has 0 heterocycles. The maximum absolute atomic E-state index is 14.4. The van der Waals surface area contributed by atoms with E-state index in [1.165, 1.54) is 12.1 Å². The van der Waals surface area contributed by atoms with Crippen LogP contribution in [0.15, 0.2) is 23.2 Å². The third kappa shape index (κ3) is 5.20. The summed E-state index contributed by atoms with van der Waals surface area (Å²) in [5.74, 6) is -1.32. The van der Waals surface area contributed by atoms with Gasteiger partial charge in [0.2, 0.25) is 0 Å². The minimum absolute atomic E-state index is 0.0126. The van der Waals surface area contributed by atoms with Gasteiger partial charge in [-0.15, -0.1) is 12.6 Å². The van der Waals surface area contributed by atoms with E-state index in [0.29, 0.717) is 10.7 Å². The number of benzene rings is 1. The van der Waals surface area contributed by atoms with Crippen molar-refractivity contribution < 1.29 is 9.18 Å². The van der Waals surface area contributed by atoms with E-state index in [1.807, 2.05) is 0 Å². The maximum Gasteiger partial charge on any atom is 0.250 e. The number of hydrogen-bond acceptors (Lipinski definition) is 6. The number of primary amides is 1. The molecule has 1 saturated carbocycles. The zero-order chi connectivity index (χ0) is 18.6. The summed E-state index contributed by atoms with van der Waals surface area (Å²) in [6, 6.07) is 2.52. The molecule has 0 saturated heterocycles. The van der Waals surface area contributed by atoms with Crippen LogP contribution in [0.5, 0.6) is 0 Å². The van der Waals surface area contributed by atoms with Crippen molar-refractivity contribution in [2.24, 2.45) is 11.5 Å². The Morgan fingerprint density at radius 2 is 2.04 bits per heavy atom. The lowest BCUT2D eigenvalue weighted by Crippen LogP contribution is -2.42. The van der Waals surface area contributed by atoms with E-state index < -0.39 is 11.7 Å². The lowest BCUT2D eigenvalue weighted by Gasteiger charge is -2.30. The number of halogens is 1. The van der Waals surface area contributed by atoms with Crippen molar-refractivity contribution >= 4 is 35.6 Å². The molecular formula is C17H24FN5OS. The van der Waals surface area contributed by atoms with Gasteiger partial charge >= 0.3 is 0 Å². The summed E-state index contributed by atoms with van der Waals surface area (Å²) in [5, 5.41) is 13.8. The van der Waals surface area contributed by atoms with Gasteiger partial charge in [0.25, 0.3) is 5.91 Å². The molecule has 0 radical (unpaired) electrons. The Morgan fingerprint density at radius 1 is 1.36 bits per heavy atom. The van der Waals surface area contributed by atoms with Gasteiger partial charge in [0.1, 0.15) is 5.82 Å². The summed E-state index contributed by atoms with van der Waals surface area (Å²) < 4.78 is 14.4. The lowest BCUT2D eigenvalue weighted by molar-refractivity contribution is 0.100. The van der Waals surface area contributed by atoms with Crippen LogP contribution in [-0.4, -0.2) is 23.7 Å². The first-order valence-corrected chi connectivity index (χ1v) is 8.61. The molecule has 0 aromatic heterocycles. The van der Waals surface area contributed by atoms with E-state index >= 15 is 0 Å². The minimum atomic E-state index is -0.755. The zero-order valence-electron chi connectivity index (χ0n) is 14.1. The van der Waals surface area contributed by atoms with Gasteiger partial charge in [-0.05, 0) is 38.0 Å². The highest BCUT2D eigenvalue weighted by Crippen LogP contribution is 2.29. The topological polar surface area (TPSA) is 117 Å². The number of rotatable bonds is 6. The summed E-state index contributed by atoms with van der Waals surface area (Å²) in [6.45, 7) is 1.59. The van der Waals surface area contributed by atoms with Crippen LogP contribution in [0.1, 0.15) is 43.0 Å². The highest BCUT2D eigenvalue weighted by Gasteiger charge is 2.23. The number of hydrogen-bond donors (Lipinski definition) is 6. The van der Waals surface area contributed by atoms with Gasteiger partial charge in [0, 0.05) is 17.8 Å². The largest absolute Gasteiger partial charge is 0.378 e. The van der Waals surface area contributed by atoms with Gasteiger partial charge in [-0.2, -0.15) is 0 Å². The molecule has 0 aliphatic heterocycles. The highest BCUT2D eigenvalue weighted by molar-refractivity contribution is 7.84. The van der Waals surface area contributed by atoms with Crippen LogP contribution in [0.3, 0.4) is 0 Å². The number of anilines is 2. The summed E-state index contributed by atoms with van der Waals surface area (Å²) in [6.07, 6.45) is 5.35. The fourth-order valence-corrected chi connectivity index (χ4v) is 3.22. The molecule has 25 heavy (non-hydrogen) atoms. The first kappa shape index (κ1) is 19.3. The van der Waals surface area contributed by atoms with E-state index in [2.05, 4.69) is 23.3 Å². The Balaban J connectivity index is 2.33. The molecule has 1 fully saturated rings. The highest BCUT2D eigenvalue weighted by atomic mass is 32.1. The van der Waals surface area contributed by atoms with Gasteiger partial charge in [0.15, 0.2) is 0 Å². The quantitative estimate of drug-likeness (QED) is 0.343. The fourth-order valence-electron chi connectivity index (χ4n) is 2.91. The van der Waals surface area contributed by atoms with Gasteiger partial charge in [-0.3, -0.25) is 4.79 Å². The molecule has 1 aliphatic carbocycles. The van der Waals surface area contributed by atoms with E-state index in [0.717, 1.165) is 31.7 Å². The first-order chi connectivity index (χ1) is 11.8. The predicted molar refractivity (Wildman–Crippen MR) is 103 cm³/mol. The van der Waals surface area contributed by atoms with Gasteiger partial charge < -0.3 is 27.5 Å². The Labute approximate surface area is 152 Å². The molecule has 7 N–H and O–H groups in total. The van der Waals surface area contributed by atoms with Crippen molar-refractivity contribution in [2.45, 2.75) is 44.7 Å². The van der Waals surface area contributed by atoms with Crippen LogP contribution >= 0.6 is 12.6 Å². The van der Waals surface area contributed by atoms with Crippen LogP contribution in [0.2, 0.25) is 0 Å². The maximum atomic E-state index is 14.4. The van der Waals surface area contributed by atoms with E-state index in [-0.39, 0.29) is 29.0 Å². The zero-order valence-corrected chi connectivity index (χ0v) is 15.0. The standard InChI is InChI=1S/C17H24FN5OS/c1-9(19)6-16(25)23-14-8-15(11(18)7-10(14)17(21)24)22-13-5-3-2-4-12(13)20/h6-8,12-13,19,22-23,25H,2-5,20H2,1H3,(H2,21,24)/b16-6-,19-9?/t12-,13+/m0/s1. The summed E-state index contributed by atoms with van der Waals surface area (Å²) >= 11 is 4.22. The fraction of sp³-hybridized carbons (Fsp3) is 0.412.